The second kappa shape index (κ2) is 9.46. The fourth-order valence-corrected chi connectivity index (χ4v) is 4.61. The summed E-state index contributed by atoms with van der Waals surface area (Å²) in [5, 5.41) is 8.15. The lowest BCUT2D eigenvalue weighted by atomic mass is 10.0. The highest BCUT2D eigenvalue weighted by Crippen LogP contribution is 2.30. The molecule has 3 aromatic rings. The van der Waals surface area contributed by atoms with E-state index < -0.39 is 20.0 Å². The second-order valence-corrected chi connectivity index (χ2v) is 15.1. The zero-order chi connectivity index (χ0) is 22.6. The zero-order valence-corrected chi connectivity index (χ0v) is 19.8. The van der Waals surface area contributed by atoms with E-state index in [1.165, 1.54) is 0 Å². The minimum absolute atomic E-state index is 0.271. The molecular formula is C23H28N4O2SSi. The Morgan fingerprint density at radius 2 is 1.77 bits per heavy atom. The fourth-order valence-electron chi connectivity index (χ4n) is 3.07. The van der Waals surface area contributed by atoms with Gasteiger partial charge in [-0.1, -0.05) is 43.9 Å². The van der Waals surface area contributed by atoms with E-state index in [0.29, 0.717) is 16.9 Å². The standard InChI is InChI=1S/C23H28N4O2SSi/c1-31(2,3)14-26-21(22(25)28)15-6-8-16(9-7-15)23(29)27-19-13-17(10-11-18(19)24)20-5-4-12-30-20/h4-13,21,26H,14,24H2,1-3H3,(H2,25,28)(H,27,29). The van der Waals surface area contributed by atoms with Gasteiger partial charge in [0.15, 0.2) is 0 Å². The van der Waals surface area contributed by atoms with Crippen LogP contribution in [0.25, 0.3) is 10.4 Å². The number of rotatable bonds is 8. The summed E-state index contributed by atoms with van der Waals surface area (Å²) in [7, 11) is -1.40. The van der Waals surface area contributed by atoms with Crippen molar-refractivity contribution in [3.8, 4) is 10.4 Å². The van der Waals surface area contributed by atoms with Crippen molar-refractivity contribution in [1.29, 1.82) is 0 Å². The molecule has 0 saturated heterocycles. The van der Waals surface area contributed by atoms with Crippen molar-refractivity contribution in [3.63, 3.8) is 0 Å². The predicted octanol–water partition coefficient (Wildman–Crippen LogP) is 4.24. The third-order valence-electron chi connectivity index (χ3n) is 4.73. The van der Waals surface area contributed by atoms with E-state index >= 15 is 0 Å². The fraction of sp³-hybridized carbons (Fsp3) is 0.217. The normalized spacial score (nSPS) is 12.4. The Hall–Kier alpha value is -2.94. The van der Waals surface area contributed by atoms with E-state index in [-0.39, 0.29) is 5.91 Å². The number of hydrogen-bond donors (Lipinski definition) is 4. The van der Waals surface area contributed by atoms with Crippen molar-refractivity contribution in [2.24, 2.45) is 5.73 Å². The van der Waals surface area contributed by atoms with E-state index in [4.69, 9.17) is 11.5 Å². The lowest BCUT2D eigenvalue weighted by Gasteiger charge is -2.22. The SMILES string of the molecule is C[Si](C)(C)CNC(C(N)=O)c1ccc(C(=O)Nc2cc(-c3cccs3)ccc2N)cc1. The number of benzene rings is 2. The summed E-state index contributed by atoms with van der Waals surface area (Å²) in [6, 6.07) is 15.9. The average Bonchev–Trinajstić information content (AvgIpc) is 3.24. The van der Waals surface area contributed by atoms with Gasteiger partial charge in [-0.25, -0.2) is 0 Å². The zero-order valence-electron chi connectivity index (χ0n) is 17.9. The molecule has 0 aliphatic rings. The molecule has 2 aromatic carbocycles. The highest BCUT2D eigenvalue weighted by atomic mass is 32.1. The summed E-state index contributed by atoms with van der Waals surface area (Å²) >= 11 is 1.62. The Bertz CT molecular complexity index is 1060. The van der Waals surface area contributed by atoms with Crippen LogP contribution in [0.15, 0.2) is 60.0 Å². The highest BCUT2D eigenvalue weighted by molar-refractivity contribution is 7.13. The average molecular weight is 453 g/mol. The molecule has 0 radical (unpaired) electrons. The topological polar surface area (TPSA) is 110 Å². The van der Waals surface area contributed by atoms with Crippen molar-refractivity contribution < 1.29 is 9.59 Å². The summed E-state index contributed by atoms with van der Waals surface area (Å²) in [4.78, 5) is 25.8. The first-order valence-corrected chi connectivity index (χ1v) is 14.6. The highest BCUT2D eigenvalue weighted by Gasteiger charge is 2.21. The molecule has 0 spiro atoms. The number of anilines is 2. The second-order valence-electron chi connectivity index (χ2n) is 8.63. The number of carbonyl (C=O) groups is 2. The van der Waals surface area contributed by atoms with Gasteiger partial charge >= 0.3 is 0 Å². The monoisotopic (exact) mass is 452 g/mol. The summed E-state index contributed by atoms with van der Waals surface area (Å²) < 4.78 is 0. The molecule has 0 aliphatic heterocycles. The van der Waals surface area contributed by atoms with Gasteiger partial charge < -0.3 is 22.1 Å². The number of carbonyl (C=O) groups excluding carboxylic acids is 2. The molecule has 6 nitrogen and oxygen atoms in total. The van der Waals surface area contributed by atoms with E-state index in [1.807, 2.05) is 29.6 Å². The van der Waals surface area contributed by atoms with E-state index in [1.54, 1.807) is 41.7 Å². The third-order valence-corrected chi connectivity index (χ3v) is 6.92. The molecule has 0 bridgehead atoms. The van der Waals surface area contributed by atoms with Gasteiger partial charge in [0, 0.05) is 10.4 Å². The lowest BCUT2D eigenvalue weighted by molar-refractivity contribution is -0.120. The molecule has 1 aromatic heterocycles. The van der Waals surface area contributed by atoms with Gasteiger partial charge in [-0.05, 0) is 53.0 Å². The van der Waals surface area contributed by atoms with Gasteiger partial charge in [0.05, 0.1) is 19.4 Å². The third kappa shape index (κ3) is 6.03. The number of amides is 2. The first-order valence-electron chi connectivity index (χ1n) is 10.0. The molecule has 162 valence electrons. The smallest absolute Gasteiger partial charge is 0.255 e. The molecule has 8 heteroatoms. The van der Waals surface area contributed by atoms with Crippen molar-refractivity contribution in [2.45, 2.75) is 25.7 Å². The minimum atomic E-state index is -1.40. The Kier molecular flexibility index (Phi) is 6.94. The quantitative estimate of drug-likeness (QED) is 0.302. The van der Waals surface area contributed by atoms with Crippen LogP contribution in [-0.2, 0) is 4.79 Å². The van der Waals surface area contributed by atoms with Crippen LogP contribution in [0.4, 0.5) is 11.4 Å². The molecule has 6 N–H and O–H groups in total. The molecule has 1 atom stereocenters. The van der Waals surface area contributed by atoms with Crippen LogP contribution < -0.4 is 22.1 Å². The number of nitrogen functional groups attached to an aromatic ring is 1. The summed E-state index contributed by atoms with van der Waals surface area (Å²) in [6.07, 6.45) is 0.767. The minimum Gasteiger partial charge on any atom is -0.397 e. The van der Waals surface area contributed by atoms with E-state index in [9.17, 15) is 9.59 Å². The van der Waals surface area contributed by atoms with Gasteiger partial charge in [-0.2, -0.15) is 0 Å². The van der Waals surface area contributed by atoms with Crippen LogP contribution >= 0.6 is 11.3 Å². The molecule has 1 unspecified atom stereocenters. The maximum atomic E-state index is 12.8. The Morgan fingerprint density at radius 1 is 1.06 bits per heavy atom. The Morgan fingerprint density at radius 3 is 2.35 bits per heavy atom. The molecule has 31 heavy (non-hydrogen) atoms. The summed E-state index contributed by atoms with van der Waals surface area (Å²) in [5.74, 6) is -0.708. The van der Waals surface area contributed by atoms with Crippen molar-refractivity contribution >= 4 is 42.6 Å². The first kappa shape index (κ1) is 22.7. The van der Waals surface area contributed by atoms with E-state index in [0.717, 1.165) is 22.2 Å². The number of hydrogen-bond acceptors (Lipinski definition) is 5. The first-order chi connectivity index (χ1) is 14.6. The van der Waals surface area contributed by atoms with E-state index in [2.05, 4.69) is 30.3 Å². The lowest BCUT2D eigenvalue weighted by Crippen LogP contribution is -2.42. The maximum absolute atomic E-state index is 12.8. The molecule has 1 heterocycles. The van der Waals surface area contributed by atoms with Crippen LogP contribution in [0.1, 0.15) is 22.0 Å². The predicted molar refractivity (Wildman–Crippen MR) is 132 cm³/mol. The Balaban J connectivity index is 1.74. The van der Waals surface area contributed by atoms with Crippen LogP contribution in [0.3, 0.4) is 0 Å². The van der Waals surface area contributed by atoms with Crippen LogP contribution in [-0.4, -0.2) is 26.1 Å². The van der Waals surface area contributed by atoms with Crippen LogP contribution in [0, 0.1) is 0 Å². The molecule has 0 saturated carbocycles. The van der Waals surface area contributed by atoms with Gasteiger partial charge in [0.25, 0.3) is 5.91 Å². The molecule has 0 fully saturated rings. The van der Waals surface area contributed by atoms with Crippen molar-refractivity contribution in [1.82, 2.24) is 5.32 Å². The van der Waals surface area contributed by atoms with Crippen molar-refractivity contribution in [2.75, 3.05) is 17.2 Å². The summed E-state index contributed by atoms with van der Waals surface area (Å²) in [6.45, 7) is 6.64. The molecule has 0 aliphatic carbocycles. The van der Waals surface area contributed by atoms with Gasteiger partial charge in [-0.15, -0.1) is 11.3 Å². The molecular weight excluding hydrogens is 424 g/mol. The van der Waals surface area contributed by atoms with Crippen LogP contribution in [0.2, 0.25) is 19.6 Å². The number of nitrogens with one attached hydrogen (secondary N) is 2. The number of thiophene rings is 1. The maximum Gasteiger partial charge on any atom is 0.255 e. The van der Waals surface area contributed by atoms with Gasteiger partial charge in [0.1, 0.15) is 6.04 Å². The molecule has 2 amide bonds. The number of nitrogens with two attached hydrogens (primary N) is 2. The largest absolute Gasteiger partial charge is 0.397 e. The Labute approximate surface area is 187 Å². The van der Waals surface area contributed by atoms with Gasteiger partial charge in [0.2, 0.25) is 5.91 Å². The molecule has 3 rings (SSSR count). The van der Waals surface area contributed by atoms with Crippen LogP contribution in [0.5, 0.6) is 0 Å². The summed E-state index contributed by atoms with van der Waals surface area (Å²) in [5.41, 5.74) is 14.9. The number of primary amides is 1. The van der Waals surface area contributed by atoms with Gasteiger partial charge in [-0.3, -0.25) is 9.59 Å². The van der Waals surface area contributed by atoms with Crippen molar-refractivity contribution in [3.05, 3.63) is 71.1 Å².